The second-order valence-corrected chi connectivity index (χ2v) is 5.64. The van der Waals surface area contributed by atoms with Crippen molar-refractivity contribution in [2.45, 2.75) is 6.92 Å². The summed E-state index contributed by atoms with van der Waals surface area (Å²) in [5, 5.41) is 5.35. The molecule has 0 atom stereocenters. The van der Waals surface area contributed by atoms with Crippen molar-refractivity contribution in [3.05, 3.63) is 58.1 Å². The summed E-state index contributed by atoms with van der Waals surface area (Å²) in [6.45, 7) is 2.04. The van der Waals surface area contributed by atoms with Crippen LogP contribution in [0.4, 0.5) is 5.69 Å². The molecule has 21 heavy (non-hydrogen) atoms. The van der Waals surface area contributed by atoms with Crippen LogP contribution in [-0.4, -0.2) is 12.0 Å². The Morgan fingerprint density at radius 3 is 2.29 bits per heavy atom. The number of benzene rings is 2. The number of halogens is 2. The molecule has 0 spiro atoms. The maximum absolute atomic E-state index is 6.34. The van der Waals surface area contributed by atoms with Crippen molar-refractivity contribution in [3.63, 3.8) is 0 Å². The van der Waals surface area contributed by atoms with Gasteiger partial charge in [0.05, 0.1) is 21.3 Å². The Morgan fingerprint density at radius 1 is 0.952 bits per heavy atom. The van der Waals surface area contributed by atoms with Gasteiger partial charge in [-0.1, -0.05) is 53.5 Å². The zero-order valence-electron chi connectivity index (χ0n) is 11.7. The fourth-order valence-corrected chi connectivity index (χ4v) is 3.03. The number of hydrogen-bond acceptors (Lipinski definition) is 2. The van der Waals surface area contributed by atoms with Crippen LogP contribution in [0.25, 0.3) is 22.2 Å². The average molecular weight is 317 g/mol. The van der Waals surface area contributed by atoms with Gasteiger partial charge in [0.2, 0.25) is 0 Å². The molecule has 0 fully saturated rings. The van der Waals surface area contributed by atoms with Crippen LogP contribution in [0.5, 0.6) is 0 Å². The average Bonchev–Trinajstić information content (AvgIpc) is 2.51. The van der Waals surface area contributed by atoms with E-state index in [4.69, 9.17) is 28.2 Å². The molecule has 2 nitrogen and oxygen atoms in total. The molecular weight excluding hydrogens is 303 g/mol. The molecule has 1 heterocycles. The van der Waals surface area contributed by atoms with Crippen LogP contribution in [0.15, 0.2) is 42.5 Å². The maximum atomic E-state index is 6.34. The van der Waals surface area contributed by atoms with Crippen LogP contribution in [0.2, 0.25) is 10.0 Å². The van der Waals surface area contributed by atoms with Crippen molar-refractivity contribution < 1.29 is 0 Å². The predicted molar refractivity (Wildman–Crippen MR) is 91.5 cm³/mol. The van der Waals surface area contributed by atoms with E-state index in [2.05, 4.69) is 5.32 Å². The standard InChI is InChI=1S/C17H14Cl2N2/c1-10-15(11-6-4-3-5-7-11)21-17-13(19)9-8-12(18)14(17)16(10)20-2/h3-9H,1-2H3,(H,20,21). The molecule has 1 N–H and O–H groups in total. The van der Waals surface area contributed by atoms with Gasteiger partial charge in [0.25, 0.3) is 0 Å². The first-order valence-corrected chi connectivity index (χ1v) is 7.40. The maximum Gasteiger partial charge on any atom is 0.0931 e. The fourth-order valence-electron chi connectivity index (χ4n) is 2.58. The first kappa shape index (κ1) is 14.2. The highest BCUT2D eigenvalue weighted by Crippen LogP contribution is 2.39. The Balaban J connectivity index is 2.44. The molecule has 0 aliphatic rings. The van der Waals surface area contributed by atoms with Crippen molar-refractivity contribution in [1.82, 2.24) is 4.98 Å². The van der Waals surface area contributed by atoms with Gasteiger partial charge in [-0.2, -0.15) is 0 Å². The number of nitrogens with zero attached hydrogens (tertiary/aromatic N) is 1. The summed E-state index contributed by atoms with van der Waals surface area (Å²) >= 11 is 12.7. The summed E-state index contributed by atoms with van der Waals surface area (Å²) in [4.78, 5) is 4.76. The number of pyridine rings is 1. The highest BCUT2D eigenvalue weighted by atomic mass is 35.5. The predicted octanol–water partition coefficient (Wildman–Crippen LogP) is 5.56. The molecular formula is C17H14Cl2N2. The van der Waals surface area contributed by atoms with Gasteiger partial charge < -0.3 is 5.32 Å². The number of nitrogens with one attached hydrogen (secondary N) is 1. The molecule has 4 heteroatoms. The summed E-state index contributed by atoms with van der Waals surface area (Å²) in [7, 11) is 1.88. The third-order valence-corrected chi connectivity index (χ3v) is 4.20. The zero-order chi connectivity index (χ0) is 15.0. The molecule has 0 radical (unpaired) electrons. The lowest BCUT2D eigenvalue weighted by atomic mass is 10.0. The topological polar surface area (TPSA) is 24.9 Å². The number of anilines is 1. The van der Waals surface area contributed by atoms with Crippen LogP contribution in [0.3, 0.4) is 0 Å². The SMILES string of the molecule is CNc1c(C)c(-c2ccccc2)nc2c(Cl)ccc(Cl)c12. The summed E-state index contributed by atoms with van der Waals surface area (Å²) in [5.74, 6) is 0. The minimum absolute atomic E-state index is 0.600. The van der Waals surface area contributed by atoms with Gasteiger partial charge in [-0.25, -0.2) is 4.98 Å². The van der Waals surface area contributed by atoms with Crippen LogP contribution < -0.4 is 5.32 Å². The van der Waals surface area contributed by atoms with Crippen LogP contribution in [0, 0.1) is 6.92 Å². The lowest BCUT2D eigenvalue weighted by molar-refractivity contribution is 1.31. The second-order valence-electron chi connectivity index (χ2n) is 4.83. The van der Waals surface area contributed by atoms with Crippen molar-refractivity contribution in [2.75, 3.05) is 12.4 Å². The molecule has 2 aromatic carbocycles. The van der Waals surface area contributed by atoms with Gasteiger partial charge in [-0.3, -0.25) is 0 Å². The minimum atomic E-state index is 0.600. The quantitative estimate of drug-likeness (QED) is 0.669. The Bertz CT molecular complexity index is 814. The van der Waals surface area contributed by atoms with Crippen molar-refractivity contribution in [2.24, 2.45) is 0 Å². The van der Waals surface area contributed by atoms with Gasteiger partial charge in [0.1, 0.15) is 0 Å². The third-order valence-electron chi connectivity index (χ3n) is 3.58. The van der Waals surface area contributed by atoms with E-state index in [9.17, 15) is 0 Å². The Morgan fingerprint density at radius 2 is 1.62 bits per heavy atom. The second kappa shape index (κ2) is 5.55. The molecule has 0 unspecified atom stereocenters. The van der Waals surface area contributed by atoms with Crippen LogP contribution in [0.1, 0.15) is 5.56 Å². The highest BCUT2D eigenvalue weighted by molar-refractivity contribution is 6.41. The number of fused-ring (bicyclic) bond motifs is 1. The first-order valence-electron chi connectivity index (χ1n) is 6.65. The molecule has 0 amide bonds. The summed E-state index contributed by atoms with van der Waals surface area (Å²) in [6.07, 6.45) is 0. The fraction of sp³-hybridized carbons (Fsp3) is 0.118. The lowest BCUT2D eigenvalue weighted by Gasteiger charge is -2.16. The van der Waals surface area contributed by atoms with E-state index in [1.807, 2.05) is 44.3 Å². The van der Waals surface area contributed by atoms with E-state index in [0.29, 0.717) is 10.0 Å². The summed E-state index contributed by atoms with van der Waals surface area (Å²) in [6, 6.07) is 13.7. The molecule has 1 aromatic heterocycles. The van der Waals surface area contributed by atoms with Crippen molar-refractivity contribution in [1.29, 1.82) is 0 Å². The third kappa shape index (κ3) is 2.35. The van der Waals surface area contributed by atoms with Gasteiger partial charge in [0.15, 0.2) is 0 Å². The summed E-state index contributed by atoms with van der Waals surface area (Å²) < 4.78 is 0. The van der Waals surface area contributed by atoms with Crippen LogP contribution in [-0.2, 0) is 0 Å². The normalized spacial score (nSPS) is 10.9. The van der Waals surface area contributed by atoms with E-state index in [1.165, 1.54) is 0 Å². The molecule has 3 rings (SSSR count). The largest absolute Gasteiger partial charge is 0.387 e. The molecule has 0 bridgehead atoms. The number of rotatable bonds is 2. The molecule has 106 valence electrons. The molecule has 3 aromatic rings. The smallest absolute Gasteiger partial charge is 0.0931 e. The van der Waals surface area contributed by atoms with Gasteiger partial charge in [-0.15, -0.1) is 0 Å². The highest BCUT2D eigenvalue weighted by Gasteiger charge is 2.16. The molecule has 0 saturated heterocycles. The van der Waals surface area contributed by atoms with E-state index in [1.54, 1.807) is 12.1 Å². The Labute approximate surface area is 133 Å². The number of aromatic nitrogens is 1. The number of hydrogen-bond donors (Lipinski definition) is 1. The van der Waals surface area contributed by atoms with Crippen LogP contribution >= 0.6 is 23.2 Å². The Kier molecular flexibility index (Phi) is 3.75. The van der Waals surface area contributed by atoms with E-state index in [-0.39, 0.29) is 0 Å². The van der Waals surface area contributed by atoms with E-state index in [0.717, 1.165) is 33.4 Å². The monoisotopic (exact) mass is 316 g/mol. The van der Waals surface area contributed by atoms with Gasteiger partial charge in [-0.05, 0) is 24.6 Å². The zero-order valence-corrected chi connectivity index (χ0v) is 13.3. The van der Waals surface area contributed by atoms with E-state index >= 15 is 0 Å². The van der Waals surface area contributed by atoms with Gasteiger partial charge >= 0.3 is 0 Å². The molecule has 0 aliphatic carbocycles. The Hall–Kier alpha value is -1.77. The van der Waals surface area contributed by atoms with Crippen molar-refractivity contribution in [3.8, 4) is 11.3 Å². The first-order chi connectivity index (χ1) is 10.1. The van der Waals surface area contributed by atoms with Crippen molar-refractivity contribution >= 4 is 39.8 Å². The minimum Gasteiger partial charge on any atom is -0.387 e. The molecule has 0 aliphatic heterocycles. The van der Waals surface area contributed by atoms with Gasteiger partial charge in [0, 0.05) is 23.7 Å². The lowest BCUT2D eigenvalue weighted by Crippen LogP contribution is -1.99. The van der Waals surface area contributed by atoms with E-state index < -0.39 is 0 Å². The molecule has 0 saturated carbocycles. The summed E-state index contributed by atoms with van der Waals surface area (Å²) in [5.41, 5.74) is 4.71.